The molecule has 0 aliphatic rings. The predicted octanol–water partition coefficient (Wildman–Crippen LogP) is 3.82. The summed E-state index contributed by atoms with van der Waals surface area (Å²) in [5.74, 6) is 0.904. The lowest BCUT2D eigenvalue weighted by molar-refractivity contribution is 0.504. The Labute approximate surface area is 113 Å². The fourth-order valence-electron chi connectivity index (χ4n) is 1.97. The van der Waals surface area contributed by atoms with Crippen LogP contribution in [0.15, 0.2) is 29.6 Å². The van der Waals surface area contributed by atoms with Crippen molar-refractivity contribution in [3.8, 4) is 11.3 Å². The van der Waals surface area contributed by atoms with Gasteiger partial charge in [-0.05, 0) is 12.8 Å². The molecule has 0 amide bonds. The molecular weight excluding hydrogens is 240 g/mol. The first-order chi connectivity index (χ1) is 8.61. The van der Waals surface area contributed by atoms with Crippen LogP contribution in [0.1, 0.15) is 30.3 Å². The molecule has 1 aromatic heterocycles. The molecule has 2 aromatic rings. The zero-order valence-corrected chi connectivity index (χ0v) is 12.0. The second kappa shape index (κ2) is 5.63. The summed E-state index contributed by atoms with van der Waals surface area (Å²) in [6.07, 6.45) is 0. The maximum absolute atomic E-state index is 5.84. The number of thiazole rings is 1. The molecule has 2 N–H and O–H groups in total. The van der Waals surface area contributed by atoms with Gasteiger partial charge in [0.1, 0.15) is 0 Å². The predicted molar refractivity (Wildman–Crippen MR) is 78.9 cm³/mol. The van der Waals surface area contributed by atoms with Crippen LogP contribution < -0.4 is 5.73 Å². The molecule has 1 atom stereocenters. The Kier molecular flexibility index (Phi) is 4.15. The van der Waals surface area contributed by atoms with Crippen molar-refractivity contribution in [3.05, 3.63) is 40.2 Å². The average Bonchev–Trinajstić information content (AvgIpc) is 2.80. The molecule has 2 rings (SSSR count). The minimum atomic E-state index is 0.370. The molecule has 1 heterocycles. The molecule has 96 valence electrons. The minimum absolute atomic E-state index is 0.370. The molecule has 0 saturated heterocycles. The van der Waals surface area contributed by atoms with Crippen LogP contribution in [-0.4, -0.2) is 11.5 Å². The van der Waals surface area contributed by atoms with Gasteiger partial charge in [0.25, 0.3) is 0 Å². The molecule has 0 radical (unpaired) electrons. The number of hydrogen-bond donors (Lipinski definition) is 1. The van der Waals surface area contributed by atoms with Crippen LogP contribution in [0.2, 0.25) is 0 Å². The van der Waals surface area contributed by atoms with E-state index in [1.807, 2.05) is 0 Å². The third kappa shape index (κ3) is 2.79. The van der Waals surface area contributed by atoms with E-state index in [1.165, 1.54) is 11.1 Å². The van der Waals surface area contributed by atoms with Gasteiger partial charge < -0.3 is 5.73 Å². The summed E-state index contributed by atoms with van der Waals surface area (Å²) in [7, 11) is 0. The van der Waals surface area contributed by atoms with Crippen molar-refractivity contribution in [1.82, 2.24) is 4.98 Å². The monoisotopic (exact) mass is 260 g/mol. The van der Waals surface area contributed by atoms with Crippen LogP contribution in [-0.2, 0) is 0 Å². The summed E-state index contributed by atoms with van der Waals surface area (Å²) in [5, 5.41) is 3.29. The van der Waals surface area contributed by atoms with Crippen molar-refractivity contribution in [2.45, 2.75) is 26.7 Å². The van der Waals surface area contributed by atoms with Crippen LogP contribution in [0, 0.1) is 12.8 Å². The van der Waals surface area contributed by atoms with Crippen molar-refractivity contribution in [2.24, 2.45) is 11.7 Å². The van der Waals surface area contributed by atoms with E-state index >= 15 is 0 Å². The zero-order chi connectivity index (χ0) is 13.1. The summed E-state index contributed by atoms with van der Waals surface area (Å²) in [4.78, 5) is 4.74. The van der Waals surface area contributed by atoms with Gasteiger partial charge in [-0.15, -0.1) is 11.3 Å². The fourth-order valence-corrected chi connectivity index (χ4v) is 3.09. The van der Waals surface area contributed by atoms with Gasteiger partial charge in [-0.3, -0.25) is 0 Å². The van der Waals surface area contributed by atoms with Crippen LogP contribution in [0.25, 0.3) is 11.3 Å². The van der Waals surface area contributed by atoms with Crippen molar-refractivity contribution in [3.63, 3.8) is 0 Å². The van der Waals surface area contributed by atoms with E-state index in [0.717, 1.165) is 10.7 Å². The van der Waals surface area contributed by atoms with Crippen molar-refractivity contribution >= 4 is 11.3 Å². The Morgan fingerprint density at radius 1 is 1.22 bits per heavy atom. The molecule has 0 spiro atoms. The lowest BCUT2D eigenvalue weighted by Crippen LogP contribution is -2.17. The number of hydrogen-bond acceptors (Lipinski definition) is 3. The van der Waals surface area contributed by atoms with E-state index in [0.29, 0.717) is 18.4 Å². The fraction of sp³-hybridized carbons (Fsp3) is 0.400. The van der Waals surface area contributed by atoms with E-state index in [4.69, 9.17) is 10.7 Å². The van der Waals surface area contributed by atoms with Gasteiger partial charge in [-0.2, -0.15) is 0 Å². The van der Waals surface area contributed by atoms with Crippen molar-refractivity contribution in [2.75, 3.05) is 6.54 Å². The van der Waals surface area contributed by atoms with Gasteiger partial charge in [0.15, 0.2) is 0 Å². The molecule has 0 fully saturated rings. The van der Waals surface area contributed by atoms with Gasteiger partial charge in [0.2, 0.25) is 0 Å². The van der Waals surface area contributed by atoms with Gasteiger partial charge in [-0.1, -0.05) is 43.7 Å². The van der Waals surface area contributed by atoms with Gasteiger partial charge in [0, 0.05) is 23.4 Å². The van der Waals surface area contributed by atoms with Crippen LogP contribution in [0.3, 0.4) is 0 Å². The van der Waals surface area contributed by atoms with E-state index < -0.39 is 0 Å². The van der Waals surface area contributed by atoms with Gasteiger partial charge >= 0.3 is 0 Å². The Morgan fingerprint density at radius 3 is 2.44 bits per heavy atom. The standard InChI is InChI=1S/C15H20N2S/c1-10(2)13(8-16)15-17-14(9-18-15)12-6-4-11(3)5-7-12/h4-7,9-10,13H,8,16H2,1-3H3. The van der Waals surface area contributed by atoms with E-state index in [-0.39, 0.29) is 0 Å². The maximum atomic E-state index is 5.84. The van der Waals surface area contributed by atoms with Crippen LogP contribution >= 0.6 is 11.3 Å². The van der Waals surface area contributed by atoms with Crippen LogP contribution in [0.5, 0.6) is 0 Å². The summed E-state index contributed by atoms with van der Waals surface area (Å²) < 4.78 is 0. The highest BCUT2D eigenvalue weighted by Gasteiger charge is 2.18. The normalized spacial score (nSPS) is 12.9. The smallest absolute Gasteiger partial charge is 0.0978 e. The lowest BCUT2D eigenvalue weighted by atomic mass is 9.97. The third-order valence-electron chi connectivity index (χ3n) is 3.25. The Bertz CT molecular complexity index is 499. The van der Waals surface area contributed by atoms with Gasteiger partial charge in [-0.25, -0.2) is 4.98 Å². The summed E-state index contributed by atoms with van der Waals surface area (Å²) >= 11 is 1.72. The highest BCUT2D eigenvalue weighted by Crippen LogP contribution is 2.30. The average molecular weight is 260 g/mol. The molecule has 0 aliphatic carbocycles. The number of nitrogens with two attached hydrogens (primary N) is 1. The molecule has 1 aromatic carbocycles. The molecule has 18 heavy (non-hydrogen) atoms. The largest absolute Gasteiger partial charge is 0.330 e. The maximum Gasteiger partial charge on any atom is 0.0978 e. The molecule has 0 aliphatic heterocycles. The second-order valence-electron chi connectivity index (χ2n) is 5.02. The molecule has 1 unspecified atom stereocenters. The number of aryl methyl sites for hydroxylation is 1. The zero-order valence-electron chi connectivity index (χ0n) is 11.2. The number of rotatable bonds is 4. The number of benzene rings is 1. The highest BCUT2D eigenvalue weighted by atomic mass is 32.1. The summed E-state index contributed by atoms with van der Waals surface area (Å²) in [6.45, 7) is 7.16. The Hall–Kier alpha value is -1.19. The van der Waals surface area contributed by atoms with E-state index in [2.05, 4.69) is 50.4 Å². The first-order valence-corrected chi connectivity index (χ1v) is 7.22. The number of aromatic nitrogens is 1. The number of nitrogens with zero attached hydrogens (tertiary/aromatic N) is 1. The molecule has 0 bridgehead atoms. The van der Waals surface area contributed by atoms with E-state index in [9.17, 15) is 0 Å². The van der Waals surface area contributed by atoms with Crippen molar-refractivity contribution < 1.29 is 0 Å². The van der Waals surface area contributed by atoms with Crippen LogP contribution in [0.4, 0.5) is 0 Å². The molecule has 2 nitrogen and oxygen atoms in total. The SMILES string of the molecule is Cc1ccc(-c2csc(C(CN)C(C)C)n2)cc1. The second-order valence-corrected chi connectivity index (χ2v) is 5.91. The van der Waals surface area contributed by atoms with E-state index in [1.54, 1.807) is 11.3 Å². The molecule has 0 saturated carbocycles. The first-order valence-electron chi connectivity index (χ1n) is 6.34. The topological polar surface area (TPSA) is 38.9 Å². The third-order valence-corrected chi connectivity index (χ3v) is 4.22. The lowest BCUT2D eigenvalue weighted by Gasteiger charge is -2.15. The summed E-state index contributed by atoms with van der Waals surface area (Å²) in [5.41, 5.74) is 9.36. The summed E-state index contributed by atoms with van der Waals surface area (Å²) in [6, 6.07) is 8.50. The minimum Gasteiger partial charge on any atom is -0.330 e. The van der Waals surface area contributed by atoms with Crippen molar-refractivity contribution in [1.29, 1.82) is 0 Å². The molecule has 3 heteroatoms. The van der Waals surface area contributed by atoms with Gasteiger partial charge in [0.05, 0.1) is 10.7 Å². The quantitative estimate of drug-likeness (QED) is 0.907. The Balaban J connectivity index is 2.27. The molecular formula is C15H20N2S. The Morgan fingerprint density at radius 2 is 1.89 bits per heavy atom. The first kappa shape index (κ1) is 13.2. The highest BCUT2D eigenvalue weighted by molar-refractivity contribution is 7.10.